The average Bonchev–Trinajstić information content (AvgIpc) is 2.19. The Kier molecular flexibility index (Phi) is 3.43. The molecule has 1 fully saturated rings. The molecule has 3 amide bonds. The summed E-state index contributed by atoms with van der Waals surface area (Å²) in [5.74, 6) is -1.00. The minimum Gasteiger partial charge on any atom is -0.445 e. The third kappa shape index (κ3) is 2.55. The van der Waals surface area contributed by atoms with Gasteiger partial charge in [0.1, 0.15) is 19.2 Å². The molecule has 0 bridgehead atoms. The van der Waals surface area contributed by atoms with Crippen LogP contribution in [0.25, 0.3) is 0 Å². The predicted octanol–water partition coefficient (Wildman–Crippen LogP) is -0.344. The van der Waals surface area contributed by atoms with Gasteiger partial charge in [0, 0.05) is 0 Å². The summed E-state index contributed by atoms with van der Waals surface area (Å²) in [6.45, 7) is 4.80. The highest BCUT2D eigenvalue weighted by Gasteiger charge is 2.34. The highest BCUT2D eigenvalue weighted by atomic mass is 16.6. The zero-order valence-electron chi connectivity index (χ0n) is 8.36. The summed E-state index contributed by atoms with van der Waals surface area (Å²) in [6, 6.07) is -0.694. The molecule has 1 aliphatic heterocycles. The third-order valence-electron chi connectivity index (χ3n) is 1.98. The van der Waals surface area contributed by atoms with Crippen LogP contribution in [-0.4, -0.2) is 42.0 Å². The van der Waals surface area contributed by atoms with E-state index in [2.05, 4.69) is 11.9 Å². The van der Waals surface area contributed by atoms with E-state index in [9.17, 15) is 14.4 Å². The molecule has 0 aliphatic carbocycles. The van der Waals surface area contributed by atoms with Crippen LogP contribution in [0.1, 0.15) is 6.92 Å². The minimum absolute atomic E-state index is 0.0534. The molecule has 82 valence electrons. The Morgan fingerprint density at radius 1 is 1.73 bits per heavy atom. The zero-order valence-corrected chi connectivity index (χ0v) is 8.36. The van der Waals surface area contributed by atoms with Crippen LogP contribution in [-0.2, 0) is 14.3 Å². The fourth-order valence-electron chi connectivity index (χ4n) is 1.15. The van der Waals surface area contributed by atoms with Crippen LogP contribution in [0.2, 0.25) is 0 Å². The van der Waals surface area contributed by atoms with E-state index in [1.165, 1.54) is 13.0 Å². The van der Waals surface area contributed by atoms with Crippen molar-refractivity contribution in [2.75, 3.05) is 13.2 Å². The number of nitrogens with one attached hydrogen (secondary N) is 1. The zero-order chi connectivity index (χ0) is 11.4. The molecule has 6 nitrogen and oxygen atoms in total. The lowest BCUT2D eigenvalue weighted by Crippen LogP contribution is -2.58. The van der Waals surface area contributed by atoms with Gasteiger partial charge in [-0.15, -0.1) is 0 Å². The normalized spacial score (nSPS) is 20.9. The maximum atomic E-state index is 11.4. The summed E-state index contributed by atoms with van der Waals surface area (Å²) in [4.78, 5) is 34.7. The molecule has 1 atom stereocenters. The third-order valence-corrected chi connectivity index (χ3v) is 1.98. The molecule has 1 N–H and O–H groups in total. The summed E-state index contributed by atoms with van der Waals surface area (Å²) >= 11 is 0. The molecular weight excluding hydrogens is 200 g/mol. The highest BCUT2D eigenvalue weighted by molar-refractivity contribution is 6.03. The first kappa shape index (κ1) is 11.2. The number of ether oxygens (including phenoxy) is 1. The van der Waals surface area contributed by atoms with Gasteiger partial charge in [-0.05, 0) is 6.92 Å². The fourth-order valence-corrected chi connectivity index (χ4v) is 1.15. The molecule has 0 radical (unpaired) electrons. The van der Waals surface area contributed by atoms with E-state index in [4.69, 9.17) is 4.74 Å². The number of carbonyl (C=O) groups excluding carboxylic acids is 3. The Hall–Kier alpha value is -1.85. The van der Waals surface area contributed by atoms with Crippen LogP contribution < -0.4 is 5.32 Å². The van der Waals surface area contributed by atoms with Crippen molar-refractivity contribution in [2.45, 2.75) is 13.0 Å². The van der Waals surface area contributed by atoms with Crippen molar-refractivity contribution >= 4 is 17.9 Å². The fraction of sp³-hybridized carbons (Fsp3) is 0.444. The van der Waals surface area contributed by atoms with Gasteiger partial charge in [-0.1, -0.05) is 12.7 Å². The maximum absolute atomic E-state index is 11.4. The first-order chi connectivity index (χ1) is 7.06. The smallest absolute Gasteiger partial charge is 0.411 e. The topological polar surface area (TPSA) is 75.7 Å². The molecule has 1 rings (SSSR count). The second kappa shape index (κ2) is 4.59. The van der Waals surface area contributed by atoms with Gasteiger partial charge < -0.3 is 4.74 Å². The van der Waals surface area contributed by atoms with Gasteiger partial charge in [0.05, 0.1) is 0 Å². The number of hydrogen-bond donors (Lipinski definition) is 1. The number of nitrogens with zero attached hydrogens (tertiary/aromatic N) is 1. The van der Waals surface area contributed by atoms with Gasteiger partial charge in [-0.25, -0.2) is 4.79 Å². The lowest BCUT2D eigenvalue weighted by atomic mass is 10.2. The van der Waals surface area contributed by atoms with Gasteiger partial charge in [0.2, 0.25) is 11.8 Å². The quantitative estimate of drug-likeness (QED) is 0.501. The Morgan fingerprint density at radius 3 is 3.00 bits per heavy atom. The second-order valence-electron chi connectivity index (χ2n) is 3.08. The van der Waals surface area contributed by atoms with Gasteiger partial charge in [-0.3, -0.25) is 19.8 Å². The largest absolute Gasteiger partial charge is 0.445 e. The van der Waals surface area contributed by atoms with Crippen LogP contribution in [0, 0.1) is 0 Å². The van der Waals surface area contributed by atoms with E-state index in [1.807, 2.05) is 0 Å². The number of imide groups is 1. The molecule has 0 spiro atoms. The van der Waals surface area contributed by atoms with Crippen molar-refractivity contribution in [3.63, 3.8) is 0 Å². The van der Waals surface area contributed by atoms with E-state index >= 15 is 0 Å². The lowest BCUT2D eigenvalue weighted by Gasteiger charge is -2.30. The average molecular weight is 212 g/mol. The molecule has 6 heteroatoms. The first-order valence-electron chi connectivity index (χ1n) is 4.44. The van der Waals surface area contributed by atoms with E-state index < -0.39 is 23.9 Å². The molecule has 0 saturated carbocycles. The molecule has 0 aromatic rings. The summed E-state index contributed by atoms with van der Waals surface area (Å²) < 4.78 is 4.73. The van der Waals surface area contributed by atoms with Crippen molar-refractivity contribution in [3.05, 3.63) is 12.7 Å². The maximum Gasteiger partial charge on any atom is 0.411 e. The van der Waals surface area contributed by atoms with Crippen LogP contribution >= 0.6 is 0 Å². The van der Waals surface area contributed by atoms with Gasteiger partial charge >= 0.3 is 6.09 Å². The molecular formula is C9H12N2O4. The van der Waals surface area contributed by atoms with E-state index in [1.54, 1.807) is 0 Å². The summed E-state index contributed by atoms with van der Waals surface area (Å²) in [7, 11) is 0. The Balaban J connectivity index is 2.66. The number of amides is 3. The van der Waals surface area contributed by atoms with Crippen LogP contribution in [0.5, 0.6) is 0 Å². The molecule has 0 aromatic carbocycles. The molecule has 1 saturated heterocycles. The van der Waals surface area contributed by atoms with Gasteiger partial charge in [0.15, 0.2) is 0 Å². The number of hydrogen-bond acceptors (Lipinski definition) is 4. The molecule has 1 heterocycles. The van der Waals surface area contributed by atoms with Crippen molar-refractivity contribution in [1.82, 2.24) is 10.2 Å². The number of carbonyl (C=O) groups is 3. The second-order valence-corrected chi connectivity index (χ2v) is 3.08. The molecule has 0 aromatic heterocycles. The Labute approximate surface area is 86.9 Å². The summed E-state index contributed by atoms with van der Waals surface area (Å²) in [5, 5.41) is 2.12. The summed E-state index contributed by atoms with van der Waals surface area (Å²) in [6.07, 6.45) is 0.722. The van der Waals surface area contributed by atoms with Crippen LogP contribution in [0.4, 0.5) is 4.79 Å². The SMILES string of the molecule is C=CCOC(=O)N1CC(=O)NC(=O)C1C. The minimum atomic E-state index is -0.694. The van der Waals surface area contributed by atoms with Gasteiger partial charge in [0.25, 0.3) is 0 Å². The number of rotatable bonds is 2. The van der Waals surface area contributed by atoms with Crippen molar-refractivity contribution in [1.29, 1.82) is 0 Å². The molecule has 15 heavy (non-hydrogen) atoms. The monoisotopic (exact) mass is 212 g/mol. The van der Waals surface area contributed by atoms with Gasteiger partial charge in [-0.2, -0.15) is 0 Å². The van der Waals surface area contributed by atoms with E-state index in [0.717, 1.165) is 4.90 Å². The first-order valence-corrected chi connectivity index (χ1v) is 4.44. The highest BCUT2D eigenvalue weighted by Crippen LogP contribution is 2.06. The number of piperazine rings is 1. The standard InChI is InChI=1S/C9H12N2O4/c1-3-4-15-9(14)11-5-7(12)10-8(13)6(11)2/h3,6H,1,4-5H2,2H3,(H,10,12,13). The Bertz CT molecular complexity index is 313. The van der Waals surface area contributed by atoms with Crippen LogP contribution in [0.15, 0.2) is 12.7 Å². The molecule has 1 aliphatic rings. The summed E-state index contributed by atoms with van der Waals surface area (Å²) in [5.41, 5.74) is 0. The molecule has 1 unspecified atom stereocenters. The lowest BCUT2D eigenvalue weighted by molar-refractivity contribution is -0.138. The van der Waals surface area contributed by atoms with Crippen LogP contribution in [0.3, 0.4) is 0 Å². The van der Waals surface area contributed by atoms with Crippen molar-refractivity contribution in [3.8, 4) is 0 Å². The van der Waals surface area contributed by atoms with Crippen molar-refractivity contribution in [2.24, 2.45) is 0 Å². The van der Waals surface area contributed by atoms with Crippen molar-refractivity contribution < 1.29 is 19.1 Å². The predicted molar refractivity (Wildman–Crippen MR) is 50.9 cm³/mol. The van der Waals surface area contributed by atoms with E-state index in [-0.39, 0.29) is 13.2 Å². The Morgan fingerprint density at radius 2 is 2.40 bits per heavy atom. The van der Waals surface area contributed by atoms with E-state index in [0.29, 0.717) is 0 Å².